The van der Waals surface area contributed by atoms with Gasteiger partial charge in [-0.3, -0.25) is 15.6 Å². The lowest BCUT2D eigenvalue weighted by Gasteiger charge is -2.13. The van der Waals surface area contributed by atoms with Crippen LogP contribution in [0.5, 0.6) is 11.5 Å². The molecule has 0 saturated carbocycles. The van der Waals surface area contributed by atoms with Crippen LogP contribution < -0.4 is 25.6 Å². The Balaban J connectivity index is 1.74. The molecule has 0 saturated heterocycles. The molecule has 0 spiro atoms. The number of carbonyl (C=O) groups excluding carboxylic acids is 1. The Hall–Kier alpha value is -2.80. The van der Waals surface area contributed by atoms with Gasteiger partial charge in [0.25, 0.3) is 5.91 Å². The van der Waals surface area contributed by atoms with Crippen LogP contribution >= 0.6 is 12.2 Å². The van der Waals surface area contributed by atoms with Crippen molar-refractivity contribution >= 4 is 28.9 Å². The molecule has 6 nitrogen and oxygen atoms in total. The number of ether oxygens (including phenoxy) is 2. The van der Waals surface area contributed by atoms with Crippen LogP contribution in [0.2, 0.25) is 0 Å². The Morgan fingerprint density at radius 3 is 2.20 bits per heavy atom. The maximum absolute atomic E-state index is 11.8. The van der Waals surface area contributed by atoms with Crippen molar-refractivity contribution in [2.45, 2.75) is 13.8 Å². The molecule has 0 fully saturated rings. The van der Waals surface area contributed by atoms with Gasteiger partial charge >= 0.3 is 0 Å². The Morgan fingerprint density at radius 2 is 1.60 bits per heavy atom. The SMILES string of the molecule is COc1ccc(OCC(=O)NNC(=S)Nc2cc(C)cc(C)c2)cc1. The Morgan fingerprint density at radius 1 is 1.00 bits per heavy atom. The van der Waals surface area contributed by atoms with Crippen molar-refractivity contribution in [3.8, 4) is 11.5 Å². The molecular formula is C18H21N3O3S. The molecule has 1 amide bonds. The van der Waals surface area contributed by atoms with Gasteiger partial charge in [0.1, 0.15) is 11.5 Å². The summed E-state index contributed by atoms with van der Waals surface area (Å²) in [6.07, 6.45) is 0. The van der Waals surface area contributed by atoms with E-state index in [1.54, 1.807) is 31.4 Å². The molecule has 0 aromatic heterocycles. The molecule has 0 radical (unpaired) electrons. The summed E-state index contributed by atoms with van der Waals surface area (Å²) >= 11 is 5.15. The number of hydrazine groups is 1. The molecule has 0 heterocycles. The van der Waals surface area contributed by atoms with Gasteiger partial charge in [0.15, 0.2) is 11.7 Å². The summed E-state index contributed by atoms with van der Waals surface area (Å²) in [5.74, 6) is 0.952. The van der Waals surface area contributed by atoms with Crippen molar-refractivity contribution in [2.24, 2.45) is 0 Å². The molecule has 2 aromatic carbocycles. The highest BCUT2D eigenvalue weighted by Crippen LogP contribution is 2.16. The molecule has 2 rings (SSSR count). The number of rotatable bonds is 5. The van der Waals surface area contributed by atoms with Crippen LogP contribution in [-0.2, 0) is 4.79 Å². The Bertz CT molecular complexity index is 727. The van der Waals surface area contributed by atoms with E-state index in [1.165, 1.54) is 0 Å². The highest BCUT2D eigenvalue weighted by atomic mass is 32.1. The van der Waals surface area contributed by atoms with E-state index >= 15 is 0 Å². The van der Waals surface area contributed by atoms with E-state index in [0.717, 1.165) is 22.6 Å². The highest BCUT2D eigenvalue weighted by Gasteiger charge is 2.05. The summed E-state index contributed by atoms with van der Waals surface area (Å²) < 4.78 is 10.4. The minimum absolute atomic E-state index is 0.133. The number of anilines is 1. The average molecular weight is 359 g/mol. The number of hydrogen-bond acceptors (Lipinski definition) is 4. The van der Waals surface area contributed by atoms with Crippen molar-refractivity contribution in [2.75, 3.05) is 19.0 Å². The third-order valence-electron chi connectivity index (χ3n) is 3.22. The van der Waals surface area contributed by atoms with Gasteiger partial charge < -0.3 is 14.8 Å². The number of thiocarbonyl (C=S) groups is 1. The molecule has 0 aliphatic carbocycles. The van der Waals surface area contributed by atoms with E-state index < -0.39 is 0 Å². The van der Waals surface area contributed by atoms with Gasteiger partial charge in [-0.2, -0.15) is 0 Å². The lowest BCUT2D eigenvalue weighted by molar-refractivity contribution is -0.123. The lowest BCUT2D eigenvalue weighted by atomic mass is 10.1. The molecule has 0 aliphatic rings. The third-order valence-corrected chi connectivity index (χ3v) is 3.43. The van der Waals surface area contributed by atoms with Crippen molar-refractivity contribution < 1.29 is 14.3 Å². The summed E-state index contributed by atoms with van der Waals surface area (Å²) in [7, 11) is 1.59. The van der Waals surface area contributed by atoms with E-state index in [-0.39, 0.29) is 12.5 Å². The van der Waals surface area contributed by atoms with Gasteiger partial charge in [-0.05, 0) is 73.6 Å². The summed E-state index contributed by atoms with van der Waals surface area (Å²) in [5, 5.41) is 3.31. The van der Waals surface area contributed by atoms with Gasteiger partial charge in [-0.1, -0.05) is 6.07 Å². The lowest BCUT2D eigenvalue weighted by Crippen LogP contribution is -2.45. The minimum atomic E-state index is -0.347. The number of methoxy groups -OCH3 is 1. The second kappa shape index (κ2) is 8.89. The standard InChI is InChI=1S/C18H21N3O3S/c1-12-8-13(2)10-14(9-12)19-18(25)21-20-17(22)11-24-16-6-4-15(23-3)5-7-16/h4-10H,11H2,1-3H3,(H,20,22)(H2,19,21,25). The van der Waals surface area contributed by atoms with Crippen LogP contribution in [0.1, 0.15) is 11.1 Å². The fourth-order valence-electron chi connectivity index (χ4n) is 2.19. The Labute approximate surface area is 152 Å². The van der Waals surface area contributed by atoms with Crippen molar-refractivity contribution in [1.29, 1.82) is 0 Å². The van der Waals surface area contributed by atoms with Crippen LogP contribution in [0.25, 0.3) is 0 Å². The molecule has 3 N–H and O–H groups in total. The summed E-state index contributed by atoms with van der Waals surface area (Å²) in [6.45, 7) is 3.88. The summed E-state index contributed by atoms with van der Waals surface area (Å²) in [5.41, 5.74) is 8.24. The van der Waals surface area contributed by atoms with Crippen LogP contribution in [-0.4, -0.2) is 24.7 Å². The maximum atomic E-state index is 11.8. The van der Waals surface area contributed by atoms with Crippen LogP contribution in [0.15, 0.2) is 42.5 Å². The largest absolute Gasteiger partial charge is 0.497 e. The van der Waals surface area contributed by atoms with Crippen LogP contribution in [0.3, 0.4) is 0 Å². The van der Waals surface area contributed by atoms with Gasteiger partial charge in [0.05, 0.1) is 7.11 Å². The number of amides is 1. The first-order valence-electron chi connectivity index (χ1n) is 7.67. The fraction of sp³-hybridized carbons (Fsp3) is 0.222. The van der Waals surface area contributed by atoms with E-state index in [2.05, 4.69) is 22.2 Å². The Kier molecular flexibility index (Phi) is 6.59. The fourth-order valence-corrected chi connectivity index (χ4v) is 2.36. The first-order valence-corrected chi connectivity index (χ1v) is 8.08. The molecular weight excluding hydrogens is 338 g/mol. The van der Waals surface area contributed by atoms with Gasteiger partial charge in [0, 0.05) is 5.69 Å². The van der Waals surface area contributed by atoms with E-state index in [0.29, 0.717) is 10.9 Å². The predicted octanol–water partition coefficient (Wildman–Crippen LogP) is 2.71. The predicted molar refractivity (Wildman–Crippen MR) is 102 cm³/mol. The first-order chi connectivity index (χ1) is 12.0. The molecule has 2 aromatic rings. The average Bonchev–Trinajstić information content (AvgIpc) is 2.57. The van der Waals surface area contributed by atoms with E-state index in [9.17, 15) is 4.79 Å². The number of hydrogen-bond donors (Lipinski definition) is 3. The van der Waals surface area contributed by atoms with E-state index in [1.807, 2.05) is 26.0 Å². The zero-order chi connectivity index (χ0) is 18.2. The van der Waals surface area contributed by atoms with Crippen LogP contribution in [0.4, 0.5) is 5.69 Å². The second-order valence-electron chi connectivity index (χ2n) is 5.47. The maximum Gasteiger partial charge on any atom is 0.276 e. The first kappa shape index (κ1) is 18.5. The molecule has 25 heavy (non-hydrogen) atoms. The van der Waals surface area contributed by atoms with Crippen molar-refractivity contribution in [1.82, 2.24) is 10.9 Å². The molecule has 7 heteroatoms. The van der Waals surface area contributed by atoms with Crippen molar-refractivity contribution in [3.63, 3.8) is 0 Å². The molecule has 132 valence electrons. The normalized spacial score (nSPS) is 9.88. The monoisotopic (exact) mass is 359 g/mol. The van der Waals surface area contributed by atoms with Gasteiger partial charge in [0.2, 0.25) is 0 Å². The van der Waals surface area contributed by atoms with Crippen LogP contribution in [0, 0.1) is 13.8 Å². The molecule has 0 bridgehead atoms. The summed E-state index contributed by atoms with van der Waals surface area (Å²) in [6, 6.07) is 13.0. The zero-order valence-corrected chi connectivity index (χ0v) is 15.2. The number of carbonyl (C=O) groups is 1. The summed E-state index contributed by atoms with van der Waals surface area (Å²) in [4.78, 5) is 11.8. The number of aryl methyl sites for hydroxylation is 2. The molecule has 0 atom stereocenters. The number of nitrogens with one attached hydrogen (secondary N) is 3. The molecule has 0 aliphatic heterocycles. The zero-order valence-electron chi connectivity index (χ0n) is 14.4. The van der Waals surface area contributed by atoms with Gasteiger partial charge in [-0.25, -0.2) is 0 Å². The van der Waals surface area contributed by atoms with E-state index in [4.69, 9.17) is 21.7 Å². The third kappa shape index (κ3) is 6.31. The molecule has 0 unspecified atom stereocenters. The quantitative estimate of drug-likeness (QED) is 0.563. The van der Waals surface area contributed by atoms with Crippen molar-refractivity contribution in [3.05, 3.63) is 53.6 Å². The highest BCUT2D eigenvalue weighted by molar-refractivity contribution is 7.80. The minimum Gasteiger partial charge on any atom is -0.497 e. The van der Waals surface area contributed by atoms with Gasteiger partial charge in [-0.15, -0.1) is 0 Å². The second-order valence-corrected chi connectivity index (χ2v) is 5.88. The smallest absolute Gasteiger partial charge is 0.276 e. The number of benzene rings is 2. The topological polar surface area (TPSA) is 71.6 Å².